The standard InChI is InChI=1S/C11H12N6O/c1-6-3-8(16-17-10(6)11(12)18)15-9-5-13-7(2)4-14-9/h3-5H,1-2H3,(H2,12,18)(H,14,15,16). The number of anilines is 2. The number of aromatic nitrogens is 4. The van der Waals surface area contributed by atoms with E-state index in [4.69, 9.17) is 5.73 Å². The summed E-state index contributed by atoms with van der Waals surface area (Å²) in [6.07, 6.45) is 3.23. The summed E-state index contributed by atoms with van der Waals surface area (Å²) in [4.78, 5) is 19.2. The van der Waals surface area contributed by atoms with E-state index in [1.54, 1.807) is 25.4 Å². The highest BCUT2D eigenvalue weighted by Crippen LogP contribution is 2.13. The van der Waals surface area contributed by atoms with Crippen LogP contribution in [0.15, 0.2) is 18.5 Å². The molecule has 1 amide bonds. The van der Waals surface area contributed by atoms with Gasteiger partial charge in [0, 0.05) is 0 Å². The highest BCUT2D eigenvalue weighted by atomic mass is 16.1. The van der Waals surface area contributed by atoms with Crippen molar-refractivity contribution in [1.29, 1.82) is 0 Å². The normalized spacial score (nSPS) is 10.1. The van der Waals surface area contributed by atoms with Crippen LogP contribution < -0.4 is 11.1 Å². The molecule has 0 aliphatic carbocycles. The topological polar surface area (TPSA) is 107 Å². The molecule has 0 aliphatic heterocycles. The third-order valence-electron chi connectivity index (χ3n) is 2.25. The first kappa shape index (κ1) is 11.9. The van der Waals surface area contributed by atoms with E-state index in [2.05, 4.69) is 25.5 Å². The van der Waals surface area contributed by atoms with Gasteiger partial charge in [-0.15, -0.1) is 10.2 Å². The van der Waals surface area contributed by atoms with Crippen molar-refractivity contribution in [1.82, 2.24) is 20.2 Å². The minimum absolute atomic E-state index is 0.163. The Bertz CT molecular complexity index is 581. The Hall–Kier alpha value is -2.57. The van der Waals surface area contributed by atoms with Crippen LogP contribution in [0.25, 0.3) is 0 Å². The molecule has 0 radical (unpaired) electrons. The second-order valence-electron chi connectivity index (χ2n) is 3.79. The van der Waals surface area contributed by atoms with Gasteiger partial charge >= 0.3 is 0 Å². The van der Waals surface area contributed by atoms with E-state index in [-0.39, 0.29) is 5.69 Å². The lowest BCUT2D eigenvalue weighted by atomic mass is 10.2. The maximum atomic E-state index is 11.0. The maximum absolute atomic E-state index is 11.0. The number of aryl methyl sites for hydroxylation is 2. The zero-order valence-electron chi connectivity index (χ0n) is 10.0. The minimum Gasteiger partial charge on any atom is -0.364 e. The summed E-state index contributed by atoms with van der Waals surface area (Å²) in [6.45, 7) is 3.59. The Morgan fingerprint density at radius 3 is 2.50 bits per heavy atom. The quantitative estimate of drug-likeness (QED) is 0.824. The zero-order chi connectivity index (χ0) is 13.1. The SMILES string of the molecule is Cc1cnc(Nc2cc(C)c(C(N)=O)nn2)cn1. The molecule has 7 nitrogen and oxygen atoms in total. The molecule has 0 saturated carbocycles. The first-order chi connectivity index (χ1) is 8.56. The summed E-state index contributed by atoms with van der Waals surface area (Å²) in [6, 6.07) is 1.68. The Labute approximate surface area is 103 Å². The summed E-state index contributed by atoms with van der Waals surface area (Å²) >= 11 is 0. The molecular formula is C11H12N6O. The molecule has 2 aromatic rings. The molecular weight excluding hydrogens is 232 g/mol. The third kappa shape index (κ3) is 2.57. The smallest absolute Gasteiger partial charge is 0.269 e. The molecule has 3 N–H and O–H groups in total. The molecule has 2 aromatic heterocycles. The number of carbonyl (C=O) groups excluding carboxylic acids is 1. The van der Waals surface area contributed by atoms with Gasteiger partial charge in [-0.1, -0.05) is 0 Å². The van der Waals surface area contributed by atoms with Gasteiger partial charge in [0.05, 0.1) is 18.1 Å². The average molecular weight is 244 g/mol. The third-order valence-corrected chi connectivity index (χ3v) is 2.25. The van der Waals surface area contributed by atoms with Gasteiger partial charge in [0.25, 0.3) is 5.91 Å². The van der Waals surface area contributed by atoms with Gasteiger partial charge in [-0.25, -0.2) is 4.98 Å². The maximum Gasteiger partial charge on any atom is 0.269 e. The van der Waals surface area contributed by atoms with Gasteiger partial charge in [0.2, 0.25) is 0 Å². The number of amides is 1. The average Bonchev–Trinajstić information content (AvgIpc) is 2.32. The van der Waals surface area contributed by atoms with Gasteiger partial charge in [0.15, 0.2) is 11.5 Å². The molecule has 92 valence electrons. The highest BCUT2D eigenvalue weighted by molar-refractivity contribution is 5.92. The second kappa shape index (κ2) is 4.74. The number of nitrogens with one attached hydrogen (secondary N) is 1. The molecule has 0 aromatic carbocycles. The lowest BCUT2D eigenvalue weighted by Crippen LogP contribution is -2.16. The van der Waals surface area contributed by atoms with Crippen molar-refractivity contribution >= 4 is 17.5 Å². The predicted molar refractivity (Wildman–Crippen MR) is 65.3 cm³/mol. The Balaban J connectivity index is 2.22. The first-order valence-corrected chi connectivity index (χ1v) is 5.26. The number of hydrogen-bond acceptors (Lipinski definition) is 6. The van der Waals surface area contributed by atoms with Crippen LogP contribution in [0.1, 0.15) is 21.7 Å². The molecule has 0 bridgehead atoms. The fourth-order valence-electron chi connectivity index (χ4n) is 1.38. The number of nitrogens with two attached hydrogens (primary N) is 1. The van der Waals surface area contributed by atoms with Gasteiger partial charge in [0.1, 0.15) is 5.82 Å². The van der Waals surface area contributed by atoms with Gasteiger partial charge < -0.3 is 11.1 Å². The Morgan fingerprint density at radius 1 is 1.17 bits per heavy atom. The molecule has 7 heteroatoms. The van der Waals surface area contributed by atoms with E-state index in [0.29, 0.717) is 17.2 Å². The van der Waals surface area contributed by atoms with Gasteiger partial charge in [-0.3, -0.25) is 9.78 Å². The van der Waals surface area contributed by atoms with Crippen LogP contribution in [0.3, 0.4) is 0 Å². The zero-order valence-corrected chi connectivity index (χ0v) is 10.0. The van der Waals surface area contributed by atoms with Crippen LogP contribution in [0, 0.1) is 13.8 Å². The Morgan fingerprint density at radius 2 is 1.94 bits per heavy atom. The van der Waals surface area contributed by atoms with Crippen molar-refractivity contribution in [2.24, 2.45) is 5.73 Å². The van der Waals surface area contributed by atoms with Gasteiger partial charge in [-0.2, -0.15) is 0 Å². The van der Waals surface area contributed by atoms with E-state index in [1.165, 1.54) is 0 Å². The predicted octanol–water partition coefficient (Wildman–Crippen LogP) is 0.726. The summed E-state index contributed by atoms with van der Waals surface area (Å²) in [5, 5.41) is 10.5. The van der Waals surface area contributed by atoms with Crippen molar-refractivity contribution in [3.8, 4) is 0 Å². The fourth-order valence-corrected chi connectivity index (χ4v) is 1.38. The van der Waals surface area contributed by atoms with E-state index >= 15 is 0 Å². The second-order valence-corrected chi connectivity index (χ2v) is 3.79. The van der Waals surface area contributed by atoms with Crippen LogP contribution in [0.5, 0.6) is 0 Å². The molecule has 0 unspecified atom stereocenters. The monoisotopic (exact) mass is 244 g/mol. The molecule has 0 saturated heterocycles. The molecule has 0 spiro atoms. The number of primary amides is 1. The highest BCUT2D eigenvalue weighted by Gasteiger charge is 2.08. The number of rotatable bonds is 3. The summed E-state index contributed by atoms with van der Waals surface area (Å²) in [7, 11) is 0. The molecule has 18 heavy (non-hydrogen) atoms. The van der Waals surface area contributed by atoms with E-state index in [1.807, 2.05) is 6.92 Å². The van der Waals surface area contributed by atoms with Crippen LogP contribution >= 0.6 is 0 Å². The first-order valence-electron chi connectivity index (χ1n) is 5.26. The molecule has 0 atom stereocenters. The van der Waals surface area contributed by atoms with Crippen LogP contribution in [0.2, 0.25) is 0 Å². The lowest BCUT2D eigenvalue weighted by Gasteiger charge is -2.05. The van der Waals surface area contributed by atoms with Crippen molar-refractivity contribution in [3.05, 3.63) is 35.4 Å². The molecule has 0 aliphatic rings. The van der Waals surface area contributed by atoms with Crippen molar-refractivity contribution < 1.29 is 4.79 Å². The van der Waals surface area contributed by atoms with Gasteiger partial charge in [-0.05, 0) is 25.5 Å². The number of hydrogen-bond donors (Lipinski definition) is 2. The molecule has 2 heterocycles. The van der Waals surface area contributed by atoms with Crippen molar-refractivity contribution in [2.75, 3.05) is 5.32 Å². The summed E-state index contributed by atoms with van der Waals surface area (Å²) < 4.78 is 0. The molecule has 2 rings (SSSR count). The van der Waals surface area contributed by atoms with Crippen molar-refractivity contribution in [2.45, 2.75) is 13.8 Å². The largest absolute Gasteiger partial charge is 0.364 e. The number of nitrogens with zero attached hydrogens (tertiary/aromatic N) is 4. The number of carbonyl (C=O) groups is 1. The fraction of sp³-hybridized carbons (Fsp3) is 0.182. The summed E-state index contributed by atoms with van der Waals surface area (Å²) in [5.41, 5.74) is 6.79. The van der Waals surface area contributed by atoms with Crippen LogP contribution in [0.4, 0.5) is 11.6 Å². The van der Waals surface area contributed by atoms with Crippen LogP contribution in [-0.4, -0.2) is 26.1 Å². The summed E-state index contributed by atoms with van der Waals surface area (Å²) in [5.74, 6) is 0.443. The molecule has 0 fully saturated rings. The minimum atomic E-state index is -0.596. The Kier molecular flexibility index (Phi) is 3.13. The van der Waals surface area contributed by atoms with E-state index in [0.717, 1.165) is 5.69 Å². The van der Waals surface area contributed by atoms with Crippen LogP contribution in [-0.2, 0) is 0 Å². The van der Waals surface area contributed by atoms with E-state index < -0.39 is 5.91 Å². The van der Waals surface area contributed by atoms with E-state index in [9.17, 15) is 4.79 Å². The lowest BCUT2D eigenvalue weighted by molar-refractivity contribution is 0.0994. The van der Waals surface area contributed by atoms with Crippen molar-refractivity contribution in [3.63, 3.8) is 0 Å².